The number of halogens is 1. The summed E-state index contributed by atoms with van der Waals surface area (Å²) >= 11 is 3.89. The zero-order valence-electron chi connectivity index (χ0n) is 14.1. The van der Waals surface area contributed by atoms with E-state index in [0.29, 0.717) is 0 Å². The van der Waals surface area contributed by atoms with E-state index < -0.39 is 0 Å². The predicted molar refractivity (Wildman–Crippen MR) is 116 cm³/mol. The van der Waals surface area contributed by atoms with Gasteiger partial charge in [0.15, 0.2) is 0 Å². The first kappa shape index (κ1) is 14.5. The molecule has 0 fully saturated rings. The zero-order chi connectivity index (χ0) is 17.3. The van der Waals surface area contributed by atoms with Crippen LogP contribution in [0, 0.1) is 0 Å². The van der Waals surface area contributed by atoms with Crippen LogP contribution in [-0.2, 0) is 6.42 Å². The van der Waals surface area contributed by atoms with Crippen LogP contribution in [-0.4, -0.2) is 0 Å². The normalized spacial score (nSPS) is 14.0. The van der Waals surface area contributed by atoms with Gasteiger partial charge in [0, 0.05) is 4.48 Å². The van der Waals surface area contributed by atoms with E-state index >= 15 is 0 Å². The zero-order valence-corrected chi connectivity index (χ0v) is 15.7. The van der Waals surface area contributed by atoms with E-state index in [1.165, 1.54) is 59.1 Å². The van der Waals surface area contributed by atoms with Crippen molar-refractivity contribution in [1.82, 2.24) is 0 Å². The van der Waals surface area contributed by atoms with Gasteiger partial charge in [-0.15, -0.1) is 0 Å². The Hall–Kier alpha value is -2.64. The number of allylic oxidation sites excluding steroid dienone is 1. The van der Waals surface area contributed by atoms with Crippen molar-refractivity contribution in [1.29, 1.82) is 0 Å². The Kier molecular flexibility index (Phi) is 2.90. The van der Waals surface area contributed by atoms with Gasteiger partial charge < -0.3 is 0 Å². The molecular weight excluding hydrogens is 380 g/mol. The highest BCUT2D eigenvalue weighted by Gasteiger charge is 2.22. The molecule has 5 aromatic rings. The number of hydrogen-bond donors (Lipinski definition) is 0. The van der Waals surface area contributed by atoms with Gasteiger partial charge in [-0.05, 0) is 76.9 Å². The molecule has 122 valence electrons. The minimum absolute atomic E-state index is 0.987. The molecule has 0 saturated heterocycles. The summed E-state index contributed by atoms with van der Waals surface area (Å²) in [6, 6.07) is 28.9. The molecule has 0 spiro atoms. The third-order valence-corrected chi connectivity index (χ3v) is 6.65. The molecule has 1 aliphatic rings. The molecule has 0 unspecified atom stereocenters. The molecular formula is C25H15Br. The Balaban J connectivity index is 1.72. The van der Waals surface area contributed by atoms with E-state index in [2.05, 4.69) is 94.8 Å². The minimum Gasteiger partial charge on any atom is -0.0619 e. The van der Waals surface area contributed by atoms with Gasteiger partial charge in [-0.2, -0.15) is 0 Å². The Labute approximate surface area is 160 Å². The molecule has 0 N–H and O–H groups in total. The summed E-state index contributed by atoms with van der Waals surface area (Å²) in [6.45, 7) is 0. The molecule has 6 rings (SSSR count). The molecule has 0 bridgehead atoms. The molecule has 1 heteroatoms. The van der Waals surface area contributed by atoms with Crippen LogP contribution in [0.15, 0.2) is 78.9 Å². The lowest BCUT2D eigenvalue weighted by molar-refractivity contribution is 1.32. The van der Waals surface area contributed by atoms with E-state index in [0.717, 1.165) is 6.42 Å². The molecule has 0 radical (unpaired) electrons. The summed E-state index contributed by atoms with van der Waals surface area (Å²) in [5.74, 6) is 0. The highest BCUT2D eigenvalue weighted by atomic mass is 79.9. The van der Waals surface area contributed by atoms with Crippen LogP contribution < -0.4 is 0 Å². The molecule has 5 aromatic carbocycles. The van der Waals surface area contributed by atoms with E-state index in [-0.39, 0.29) is 0 Å². The Morgan fingerprint density at radius 1 is 0.577 bits per heavy atom. The molecule has 0 atom stereocenters. The van der Waals surface area contributed by atoms with E-state index in [4.69, 9.17) is 0 Å². The smallest absolute Gasteiger partial charge is 0.0292 e. The van der Waals surface area contributed by atoms with Crippen LogP contribution in [0.4, 0.5) is 0 Å². The summed E-state index contributed by atoms with van der Waals surface area (Å²) in [5, 5.41) is 8.09. The van der Waals surface area contributed by atoms with Gasteiger partial charge in [0.25, 0.3) is 0 Å². The average molecular weight is 395 g/mol. The number of benzene rings is 5. The van der Waals surface area contributed by atoms with Crippen molar-refractivity contribution < 1.29 is 0 Å². The second kappa shape index (κ2) is 5.18. The van der Waals surface area contributed by atoms with Crippen molar-refractivity contribution in [3.8, 4) is 0 Å². The minimum atomic E-state index is 0.987. The first-order chi connectivity index (χ1) is 12.8. The topological polar surface area (TPSA) is 0 Å². The molecule has 0 aromatic heterocycles. The lowest BCUT2D eigenvalue weighted by Gasteiger charge is -2.15. The maximum Gasteiger partial charge on any atom is 0.0292 e. The third kappa shape index (κ3) is 1.84. The second-order valence-electron chi connectivity index (χ2n) is 7.10. The standard InChI is InChI=1S/C25H15Br/c26-25-19-7-2-1-4-18(19)14-22(25)20-12-10-17-9-8-15-5-3-6-16-11-13-21(20)24(17)23(15)16/h1-13H,14H2. The fraction of sp³-hybridized carbons (Fsp3) is 0.0400. The highest BCUT2D eigenvalue weighted by molar-refractivity contribution is 9.15. The summed E-state index contributed by atoms with van der Waals surface area (Å²) in [7, 11) is 0. The molecule has 0 amide bonds. The van der Waals surface area contributed by atoms with Crippen LogP contribution in [0.5, 0.6) is 0 Å². The van der Waals surface area contributed by atoms with Crippen molar-refractivity contribution in [3.05, 3.63) is 95.6 Å². The van der Waals surface area contributed by atoms with E-state index in [1.54, 1.807) is 0 Å². The summed E-state index contributed by atoms with van der Waals surface area (Å²) in [4.78, 5) is 0. The Bertz CT molecular complexity index is 1340. The molecule has 1 aliphatic carbocycles. The van der Waals surface area contributed by atoms with Crippen LogP contribution in [0.1, 0.15) is 16.7 Å². The average Bonchev–Trinajstić information content (AvgIpc) is 3.03. The lowest BCUT2D eigenvalue weighted by Crippen LogP contribution is -1.91. The highest BCUT2D eigenvalue weighted by Crippen LogP contribution is 2.45. The maximum atomic E-state index is 3.89. The number of rotatable bonds is 1. The Morgan fingerprint density at radius 2 is 1.27 bits per heavy atom. The molecule has 0 aliphatic heterocycles. The van der Waals surface area contributed by atoms with E-state index in [1.807, 2.05) is 0 Å². The van der Waals surface area contributed by atoms with Crippen molar-refractivity contribution in [3.63, 3.8) is 0 Å². The maximum absolute atomic E-state index is 3.89. The van der Waals surface area contributed by atoms with Crippen LogP contribution in [0.2, 0.25) is 0 Å². The van der Waals surface area contributed by atoms with Crippen LogP contribution in [0.25, 0.3) is 42.4 Å². The first-order valence-electron chi connectivity index (χ1n) is 8.95. The van der Waals surface area contributed by atoms with Crippen LogP contribution >= 0.6 is 15.9 Å². The quantitative estimate of drug-likeness (QED) is 0.259. The van der Waals surface area contributed by atoms with Crippen LogP contribution in [0.3, 0.4) is 0 Å². The summed E-state index contributed by atoms with van der Waals surface area (Å²) < 4.78 is 1.24. The lowest BCUT2D eigenvalue weighted by atomic mass is 9.89. The SMILES string of the molecule is BrC1=C(c2ccc3ccc4cccc5ccc2c3c45)Cc2ccccc21. The van der Waals surface area contributed by atoms with Gasteiger partial charge in [-0.1, -0.05) is 78.9 Å². The van der Waals surface area contributed by atoms with Crippen molar-refractivity contribution >= 4 is 58.3 Å². The molecule has 26 heavy (non-hydrogen) atoms. The van der Waals surface area contributed by atoms with Gasteiger partial charge >= 0.3 is 0 Å². The van der Waals surface area contributed by atoms with Gasteiger partial charge in [-0.3, -0.25) is 0 Å². The largest absolute Gasteiger partial charge is 0.0619 e. The van der Waals surface area contributed by atoms with Gasteiger partial charge in [0.1, 0.15) is 0 Å². The van der Waals surface area contributed by atoms with Gasteiger partial charge in [0.2, 0.25) is 0 Å². The number of hydrogen-bond acceptors (Lipinski definition) is 0. The summed E-state index contributed by atoms with van der Waals surface area (Å²) in [6.07, 6.45) is 0.987. The summed E-state index contributed by atoms with van der Waals surface area (Å²) in [5.41, 5.74) is 5.47. The predicted octanol–water partition coefficient (Wildman–Crippen LogP) is 7.40. The fourth-order valence-electron chi connectivity index (χ4n) is 4.53. The van der Waals surface area contributed by atoms with Gasteiger partial charge in [0.05, 0.1) is 0 Å². The molecule has 0 nitrogen and oxygen atoms in total. The second-order valence-corrected chi connectivity index (χ2v) is 7.89. The molecule has 0 heterocycles. The first-order valence-corrected chi connectivity index (χ1v) is 9.74. The van der Waals surface area contributed by atoms with Gasteiger partial charge in [-0.25, -0.2) is 0 Å². The third-order valence-electron chi connectivity index (χ3n) is 5.74. The fourth-order valence-corrected chi connectivity index (χ4v) is 5.27. The molecule has 0 saturated carbocycles. The monoisotopic (exact) mass is 394 g/mol. The number of fused-ring (bicyclic) bond motifs is 1. The van der Waals surface area contributed by atoms with Crippen molar-refractivity contribution in [2.45, 2.75) is 6.42 Å². The van der Waals surface area contributed by atoms with Crippen molar-refractivity contribution in [2.24, 2.45) is 0 Å². The Morgan fingerprint density at radius 3 is 2.08 bits per heavy atom. The van der Waals surface area contributed by atoms with E-state index in [9.17, 15) is 0 Å². The van der Waals surface area contributed by atoms with Crippen molar-refractivity contribution in [2.75, 3.05) is 0 Å².